The van der Waals surface area contributed by atoms with Crippen molar-refractivity contribution in [2.75, 3.05) is 5.75 Å². The summed E-state index contributed by atoms with van der Waals surface area (Å²) in [6.07, 6.45) is 16.6. The van der Waals surface area contributed by atoms with Crippen LogP contribution in [0, 0.1) is 34.5 Å². The molecule has 0 aliphatic heterocycles. The number of nitrogens with zero attached hydrogens (tertiary/aromatic N) is 1. The van der Waals surface area contributed by atoms with Crippen LogP contribution in [0.1, 0.15) is 120 Å². The molecule has 0 amide bonds. The number of aliphatic imine (C=N–C) groups is 1. The van der Waals surface area contributed by atoms with Crippen LogP contribution < -0.4 is 5.73 Å². The zero-order valence-corrected chi connectivity index (χ0v) is 27.0. The summed E-state index contributed by atoms with van der Waals surface area (Å²) in [7, 11) is 0. The Balaban J connectivity index is 0.000000286. The SMILES string of the molecule is C=Nc1ccccc1SCC.CC.CC.CCCC1CCC2C3CC=C4CC(N)CCC4(C)C3CCC12C. The first kappa shape index (κ1) is 33.1. The number of para-hydroxylation sites is 1. The van der Waals surface area contributed by atoms with Crippen molar-refractivity contribution in [1.82, 2.24) is 0 Å². The second-order valence-corrected chi connectivity index (χ2v) is 13.2. The molecule has 3 heteroatoms. The van der Waals surface area contributed by atoms with E-state index in [9.17, 15) is 0 Å². The van der Waals surface area contributed by atoms with Crippen LogP contribution >= 0.6 is 11.8 Å². The molecule has 2 N–H and O–H groups in total. The molecule has 1 aromatic carbocycles. The Morgan fingerprint density at radius 2 is 1.68 bits per heavy atom. The van der Waals surface area contributed by atoms with Crippen molar-refractivity contribution in [3.05, 3.63) is 35.9 Å². The van der Waals surface area contributed by atoms with Gasteiger partial charge in [-0.25, -0.2) is 0 Å². The third-order valence-electron chi connectivity index (χ3n) is 10.3. The normalized spacial score (nSPS) is 34.8. The number of thioether (sulfide) groups is 1. The molecule has 0 heterocycles. The van der Waals surface area contributed by atoms with Crippen molar-refractivity contribution in [2.24, 2.45) is 45.2 Å². The van der Waals surface area contributed by atoms with E-state index < -0.39 is 0 Å². The van der Waals surface area contributed by atoms with E-state index in [2.05, 4.69) is 51.5 Å². The first-order valence-electron chi connectivity index (χ1n) is 16.0. The maximum atomic E-state index is 6.29. The van der Waals surface area contributed by atoms with Gasteiger partial charge in [-0.1, -0.05) is 92.0 Å². The molecule has 3 fully saturated rings. The molecule has 216 valence electrons. The van der Waals surface area contributed by atoms with Crippen LogP contribution in [0.2, 0.25) is 0 Å². The Labute approximate surface area is 241 Å². The summed E-state index contributed by atoms with van der Waals surface area (Å²) in [6, 6.07) is 8.47. The fraction of sp³-hybridized carbons (Fsp3) is 0.743. The molecule has 7 unspecified atom stereocenters. The number of benzene rings is 1. The van der Waals surface area contributed by atoms with Crippen molar-refractivity contribution in [2.45, 2.75) is 131 Å². The van der Waals surface area contributed by atoms with Gasteiger partial charge >= 0.3 is 0 Å². The molecule has 2 nitrogen and oxygen atoms in total. The van der Waals surface area contributed by atoms with Crippen molar-refractivity contribution in [1.29, 1.82) is 0 Å². The highest BCUT2D eigenvalue weighted by molar-refractivity contribution is 7.99. The quantitative estimate of drug-likeness (QED) is 0.229. The molecule has 4 aliphatic carbocycles. The van der Waals surface area contributed by atoms with Crippen LogP contribution in [0.25, 0.3) is 0 Å². The second-order valence-electron chi connectivity index (χ2n) is 11.9. The number of nitrogens with two attached hydrogens (primary N) is 1. The lowest BCUT2D eigenvalue weighted by atomic mass is 9.47. The topological polar surface area (TPSA) is 38.4 Å². The number of rotatable bonds is 5. The molecule has 1 aromatic rings. The van der Waals surface area contributed by atoms with Crippen LogP contribution in [0.4, 0.5) is 5.69 Å². The minimum Gasteiger partial charge on any atom is -0.327 e. The van der Waals surface area contributed by atoms with Crippen molar-refractivity contribution in [3.63, 3.8) is 0 Å². The summed E-state index contributed by atoms with van der Waals surface area (Å²) in [6.45, 7) is 21.3. The number of fused-ring (bicyclic) bond motifs is 5. The summed E-state index contributed by atoms with van der Waals surface area (Å²) < 4.78 is 0. The summed E-state index contributed by atoms with van der Waals surface area (Å²) in [5, 5.41) is 0. The Hall–Kier alpha value is -1.06. The molecular weight excluding hydrogens is 480 g/mol. The third kappa shape index (κ3) is 6.98. The van der Waals surface area contributed by atoms with Gasteiger partial charge in [-0.2, -0.15) is 0 Å². The molecule has 0 radical (unpaired) electrons. The Bertz CT molecular complexity index is 878. The number of allylic oxidation sites excluding steroid dienone is 1. The molecule has 0 spiro atoms. The highest BCUT2D eigenvalue weighted by Gasteiger charge is 2.58. The molecule has 3 saturated carbocycles. The molecule has 4 aliphatic rings. The molecule has 0 saturated heterocycles. The van der Waals surface area contributed by atoms with Crippen LogP contribution in [0.15, 0.2) is 45.8 Å². The van der Waals surface area contributed by atoms with Crippen molar-refractivity contribution in [3.8, 4) is 0 Å². The molecule has 0 aromatic heterocycles. The average molecular weight is 541 g/mol. The molecule has 0 bridgehead atoms. The van der Waals surface area contributed by atoms with E-state index in [0.29, 0.717) is 16.9 Å². The van der Waals surface area contributed by atoms with E-state index in [1.54, 1.807) is 17.3 Å². The fourth-order valence-corrected chi connectivity index (χ4v) is 9.25. The molecule has 5 rings (SSSR count). The van der Waals surface area contributed by atoms with Gasteiger partial charge in [0.1, 0.15) is 0 Å². The highest BCUT2D eigenvalue weighted by Crippen LogP contribution is 2.66. The Kier molecular flexibility index (Phi) is 13.7. The van der Waals surface area contributed by atoms with Crippen molar-refractivity contribution < 1.29 is 0 Å². The molecular formula is C35H60N2S. The predicted molar refractivity (Wildman–Crippen MR) is 173 cm³/mol. The summed E-state index contributed by atoms with van der Waals surface area (Å²) in [5.41, 5.74) is 10.2. The van der Waals surface area contributed by atoms with Gasteiger partial charge < -0.3 is 5.73 Å². The fourth-order valence-electron chi connectivity index (χ4n) is 8.49. The summed E-state index contributed by atoms with van der Waals surface area (Å²) in [4.78, 5) is 5.13. The summed E-state index contributed by atoms with van der Waals surface area (Å²) >= 11 is 1.79. The maximum Gasteiger partial charge on any atom is 0.0758 e. The van der Waals surface area contributed by atoms with E-state index in [4.69, 9.17) is 5.73 Å². The predicted octanol–water partition coefficient (Wildman–Crippen LogP) is 10.9. The zero-order valence-electron chi connectivity index (χ0n) is 26.2. The van der Waals surface area contributed by atoms with E-state index in [0.717, 1.165) is 35.1 Å². The lowest BCUT2D eigenvalue weighted by molar-refractivity contribution is -0.0432. The van der Waals surface area contributed by atoms with E-state index in [1.807, 2.05) is 45.9 Å². The van der Waals surface area contributed by atoms with Gasteiger partial charge in [0.15, 0.2) is 0 Å². The lowest BCUT2D eigenvalue weighted by Crippen LogP contribution is -2.51. The van der Waals surface area contributed by atoms with Crippen LogP contribution in [-0.2, 0) is 0 Å². The summed E-state index contributed by atoms with van der Waals surface area (Å²) in [5.74, 6) is 5.01. The van der Waals surface area contributed by atoms with Gasteiger partial charge in [0, 0.05) is 10.9 Å². The van der Waals surface area contributed by atoms with Crippen LogP contribution in [0.5, 0.6) is 0 Å². The zero-order chi connectivity index (χ0) is 28.3. The van der Waals surface area contributed by atoms with Gasteiger partial charge in [0.05, 0.1) is 5.69 Å². The first-order valence-corrected chi connectivity index (χ1v) is 17.0. The first-order chi connectivity index (χ1) is 18.4. The molecule has 38 heavy (non-hydrogen) atoms. The number of hydrogen-bond acceptors (Lipinski definition) is 3. The second kappa shape index (κ2) is 15.7. The number of hydrogen-bond donors (Lipinski definition) is 1. The van der Waals surface area contributed by atoms with E-state index in [-0.39, 0.29) is 0 Å². The minimum atomic E-state index is 0.431. The molecule has 7 atom stereocenters. The average Bonchev–Trinajstić information content (AvgIpc) is 3.28. The smallest absolute Gasteiger partial charge is 0.0758 e. The largest absolute Gasteiger partial charge is 0.327 e. The van der Waals surface area contributed by atoms with Gasteiger partial charge in [0.2, 0.25) is 0 Å². The monoisotopic (exact) mass is 540 g/mol. The van der Waals surface area contributed by atoms with Crippen LogP contribution in [0.3, 0.4) is 0 Å². The van der Waals surface area contributed by atoms with E-state index >= 15 is 0 Å². The van der Waals surface area contributed by atoms with Crippen LogP contribution in [-0.4, -0.2) is 18.5 Å². The van der Waals surface area contributed by atoms with Gasteiger partial charge in [0.25, 0.3) is 0 Å². The van der Waals surface area contributed by atoms with Gasteiger partial charge in [-0.15, -0.1) is 11.8 Å². The lowest BCUT2D eigenvalue weighted by Gasteiger charge is -2.58. The highest BCUT2D eigenvalue weighted by atomic mass is 32.2. The van der Waals surface area contributed by atoms with Gasteiger partial charge in [-0.3, -0.25) is 4.99 Å². The minimum absolute atomic E-state index is 0.431. The van der Waals surface area contributed by atoms with Crippen molar-refractivity contribution >= 4 is 24.2 Å². The maximum absolute atomic E-state index is 6.29. The Morgan fingerprint density at radius 3 is 2.34 bits per heavy atom. The van der Waals surface area contributed by atoms with E-state index in [1.165, 1.54) is 69.1 Å². The van der Waals surface area contributed by atoms with Gasteiger partial charge in [-0.05, 0) is 110 Å². The standard InChI is InChI=1S/C22H37N.C9H11NS.2C2H6/c1-4-5-15-7-9-19-18-8-6-16-14-17(23)10-12-22(16,3)20(18)11-13-21(15,19)2;1-3-11-9-7-5-4-6-8(9)10-2;2*1-2/h6,15,17-20H,4-5,7-14,23H2,1-3H3;4-7H,2-3H2,1H3;2*1-2H3. The third-order valence-corrected chi connectivity index (χ3v) is 11.3. The Morgan fingerprint density at radius 1 is 0.974 bits per heavy atom.